The molecule has 0 spiro atoms. The lowest BCUT2D eigenvalue weighted by Crippen LogP contribution is -2.53. The van der Waals surface area contributed by atoms with Crippen LogP contribution in [0.3, 0.4) is 0 Å². The van der Waals surface area contributed by atoms with E-state index in [2.05, 4.69) is 35.8 Å². The molecule has 0 radical (unpaired) electrons. The second-order valence-corrected chi connectivity index (χ2v) is 7.38. The summed E-state index contributed by atoms with van der Waals surface area (Å²) >= 11 is 2.10. The van der Waals surface area contributed by atoms with E-state index in [1.807, 2.05) is 0 Å². The summed E-state index contributed by atoms with van der Waals surface area (Å²) in [5, 5.41) is 3.64. The molecule has 2 aliphatic heterocycles. The van der Waals surface area contributed by atoms with Gasteiger partial charge in [0.1, 0.15) is 0 Å². The van der Waals surface area contributed by atoms with E-state index in [0.717, 1.165) is 32.3 Å². The van der Waals surface area contributed by atoms with Crippen molar-refractivity contribution in [3.05, 3.63) is 0 Å². The molecule has 0 bridgehead atoms. The van der Waals surface area contributed by atoms with Gasteiger partial charge >= 0.3 is 0 Å². The number of ether oxygens (including phenoxy) is 1. The van der Waals surface area contributed by atoms with Gasteiger partial charge in [0.2, 0.25) is 0 Å². The minimum Gasteiger partial charge on any atom is -0.381 e. The maximum Gasteiger partial charge on any atom is 0.0546 e. The fourth-order valence-electron chi connectivity index (χ4n) is 3.19. The van der Waals surface area contributed by atoms with Gasteiger partial charge in [-0.3, -0.25) is 4.90 Å². The molecule has 1 N–H and O–H groups in total. The zero-order chi connectivity index (χ0) is 13.6. The number of rotatable bonds is 6. The number of nitrogens with one attached hydrogen (secondary N) is 1. The molecule has 0 aromatic carbocycles. The second kappa shape index (κ2) is 7.87. The lowest BCUT2D eigenvalue weighted by atomic mass is 9.81. The molecule has 0 aliphatic carbocycles. The first-order chi connectivity index (χ1) is 9.26. The standard InChI is InChI=1S/C15H30N2OS/c1-3-6-16-11-15(5-4-8-18-13-15)12-17-7-9-19-10-14(17)2/h14,16H,3-13H2,1-2H3. The molecule has 0 aromatic rings. The van der Waals surface area contributed by atoms with E-state index < -0.39 is 0 Å². The third kappa shape index (κ3) is 4.62. The average molecular weight is 286 g/mol. The van der Waals surface area contributed by atoms with Crippen LogP contribution in [0.15, 0.2) is 0 Å². The van der Waals surface area contributed by atoms with Crippen LogP contribution in [-0.2, 0) is 4.74 Å². The Kier molecular flexibility index (Phi) is 6.46. The molecule has 19 heavy (non-hydrogen) atoms. The second-order valence-electron chi connectivity index (χ2n) is 6.23. The molecule has 112 valence electrons. The van der Waals surface area contributed by atoms with Gasteiger partial charge in [0.15, 0.2) is 0 Å². The van der Waals surface area contributed by atoms with Crippen molar-refractivity contribution in [2.45, 2.75) is 39.2 Å². The van der Waals surface area contributed by atoms with Gasteiger partial charge in [0.05, 0.1) is 6.61 Å². The van der Waals surface area contributed by atoms with E-state index >= 15 is 0 Å². The van der Waals surface area contributed by atoms with Crippen molar-refractivity contribution in [3.8, 4) is 0 Å². The largest absolute Gasteiger partial charge is 0.381 e. The first kappa shape index (κ1) is 15.6. The SMILES string of the molecule is CCCNCC1(CN2CCSCC2C)CCCOC1. The monoisotopic (exact) mass is 286 g/mol. The van der Waals surface area contributed by atoms with Crippen LogP contribution in [0.5, 0.6) is 0 Å². The van der Waals surface area contributed by atoms with Crippen LogP contribution in [0, 0.1) is 5.41 Å². The van der Waals surface area contributed by atoms with Crippen molar-refractivity contribution >= 4 is 11.8 Å². The molecule has 2 aliphatic rings. The number of hydrogen-bond donors (Lipinski definition) is 1. The zero-order valence-electron chi connectivity index (χ0n) is 12.6. The Morgan fingerprint density at radius 1 is 1.47 bits per heavy atom. The fourth-order valence-corrected chi connectivity index (χ4v) is 4.27. The van der Waals surface area contributed by atoms with Gasteiger partial charge < -0.3 is 10.1 Å². The highest BCUT2D eigenvalue weighted by Gasteiger charge is 2.36. The highest BCUT2D eigenvalue weighted by atomic mass is 32.2. The van der Waals surface area contributed by atoms with E-state index in [4.69, 9.17) is 4.74 Å². The number of nitrogens with zero attached hydrogens (tertiary/aromatic N) is 1. The van der Waals surface area contributed by atoms with Crippen LogP contribution in [0.2, 0.25) is 0 Å². The molecule has 2 atom stereocenters. The molecular formula is C15H30N2OS. The maximum absolute atomic E-state index is 5.82. The maximum atomic E-state index is 5.82. The van der Waals surface area contributed by atoms with Crippen LogP contribution in [0.1, 0.15) is 33.1 Å². The average Bonchev–Trinajstić information content (AvgIpc) is 2.43. The van der Waals surface area contributed by atoms with Gasteiger partial charge in [-0.05, 0) is 32.7 Å². The van der Waals surface area contributed by atoms with Gasteiger partial charge in [-0.25, -0.2) is 0 Å². The molecular weight excluding hydrogens is 256 g/mol. The summed E-state index contributed by atoms with van der Waals surface area (Å²) in [7, 11) is 0. The predicted molar refractivity (Wildman–Crippen MR) is 84.0 cm³/mol. The minimum absolute atomic E-state index is 0.351. The third-order valence-corrected chi connectivity index (χ3v) is 5.56. The summed E-state index contributed by atoms with van der Waals surface area (Å²) in [4.78, 5) is 2.69. The van der Waals surface area contributed by atoms with E-state index in [1.165, 1.54) is 43.9 Å². The van der Waals surface area contributed by atoms with Crippen molar-refractivity contribution in [3.63, 3.8) is 0 Å². The Hall–Kier alpha value is 0.230. The summed E-state index contributed by atoms with van der Waals surface area (Å²) in [6.07, 6.45) is 3.76. The topological polar surface area (TPSA) is 24.5 Å². The van der Waals surface area contributed by atoms with E-state index in [9.17, 15) is 0 Å². The Bertz CT molecular complexity index is 257. The van der Waals surface area contributed by atoms with Crippen molar-refractivity contribution < 1.29 is 4.74 Å². The zero-order valence-corrected chi connectivity index (χ0v) is 13.4. The van der Waals surface area contributed by atoms with Crippen molar-refractivity contribution in [2.75, 3.05) is 50.9 Å². The highest BCUT2D eigenvalue weighted by molar-refractivity contribution is 7.99. The normalized spacial score (nSPS) is 33.5. The van der Waals surface area contributed by atoms with Crippen LogP contribution in [0.4, 0.5) is 0 Å². The van der Waals surface area contributed by atoms with Gasteiger partial charge in [0.25, 0.3) is 0 Å². The molecule has 2 heterocycles. The minimum atomic E-state index is 0.351. The summed E-state index contributed by atoms with van der Waals surface area (Å²) in [6, 6.07) is 0.726. The number of thioether (sulfide) groups is 1. The summed E-state index contributed by atoms with van der Waals surface area (Å²) in [5.74, 6) is 2.59. The molecule has 3 nitrogen and oxygen atoms in total. The molecule has 0 aromatic heterocycles. The Balaban J connectivity index is 1.91. The first-order valence-corrected chi connectivity index (χ1v) is 9.01. The Morgan fingerprint density at radius 3 is 3.05 bits per heavy atom. The number of hydrogen-bond acceptors (Lipinski definition) is 4. The third-order valence-electron chi connectivity index (χ3n) is 4.37. The predicted octanol–water partition coefficient (Wildman–Crippen LogP) is 2.22. The molecule has 0 saturated carbocycles. The smallest absolute Gasteiger partial charge is 0.0546 e. The first-order valence-electron chi connectivity index (χ1n) is 7.86. The molecule has 2 fully saturated rings. The van der Waals surface area contributed by atoms with Crippen LogP contribution < -0.4 is 5.32 Å². The van der Waals surface area contributed by atoms with Crippen LogP contribution in [0.25, 0.3) is 0 Å². The van der Waals surface area contributed by atoms with E-state index in [-0.39, 0.29) is 0 Å². The van der Waals surface area contributed by atoms with Crippen LogP contribution in [-0.4, -0.2) is 61.8 Å². The van der Waals surface area contributed by atoms with Crippen LogP contribution >= 0.6 is 11.8 Å². The lowest BCUT2D eigenvalue weighted by Gasteiger charge is -2.44. The highest BCUT2D eigenvalue weighted by Crippen LogP contribution is 2.31. The molecule has 2 saturated heterocycles. The van der Waals surface area contributed by atoms with E-state index in [1.54, 1.807) is 0 Å². The molecule has 2 unspecified atom stereocenters. The van der Waals surface area contributed by atoms with Crippen molar-refractivity contribution in [1.29, 1.82) is 0 Å². The van der Waals surface area contributed by atoms with Crippen molar-refractivity contribution in [2.24, 2.45) is 5.41 Å². The van der Waals surface area contributed by atoms with Gasteiger partial charge in [-0.15, -0.1) is 0 Å². The Morgan fingerprint density at radius 2 is 2.37 bits per heavy atom. The van der Waals surface area contributed by atoms with Gasteiger partial charge in [-0.1, -0.05) is 6.92 Å². The fraction of sp³-hybridized carbons (Fsp3) is 1.00. The lowest BCUT2D eigenvalue weighted by molar-refractivity contribution is -0.0299. The quantitative estimate of drug-likeness (QED) is 0.757. The summed E-state index contributed by atoms with van der Waals surface area (Å²) in [6.45, 7) is 11.2. The molecule has 2 rings (SSSR count). The molecule has 0 amide bonds. The Labute approximate surface area is 122 Å². The van der Waals surface area contributed by atoms with Gasteiger partial charge in [0, 0.05) is 49.2 Å². The summed E-state index contributed by atoms with van der Waals surface area (Å²) in [5.41, 5.74) is 0.351. The van der Waals surface area contributed by atoms with Crippen molar-refractivity contribution in [1.82, 2.24) is 10.2 Å². The summed E-state index contributed by atoms with van der Waals surface area (Å²) < 4.78 is 5.82. The molecule has 4 heteroatoms. The van der Waals surface area contributed by atoms with Gasteiger partial charge in [-0.2, -0.15) is 11.8 Å². The van der Waals surface area contributed by atoms with E-state index in [0.29, 0.717) is 5.41 Å².